The molecule has 1 nitrogen and oxygen atoms in total. The van der Waals surface area contributed by atoms with Crippen LogP contribution in [0.4, 0.5) is 0 Å². The molecule has 0 fully saturated rings. The quantitative estimate of drug-likeness (QED) is 0.423. The molecule has 0 saturated heterocycles. The summed E-state index contributed by atoms with van der Waals surface area (Å²) in [5.41, 5.74) is 0. The van der Waals surface area contributed by atoms with E-state index < -0.39 is 0 Å². The summed E-state index contributed by atoms with van der Waals surface area (Å²) >= 11 is 5.45. The van der Waals surface area contributed by atoms with Gasteiger partial charge in [-0.15, -0.1) is 11.3 Å². The molecule has 0 aliphatic carbocycles. The van der Waals surface area contributed by atoms with Crippen LogP contribution in [0.25, 0.3) is 0 Å². The molecule has 17 heavy (non-hydrogen) atoms. The topological polar surface area (TPSA) is 9.23 Å². The second-order valence-corrected chi connectivity index (χ2v) is 6.61. The molecule has 0 radical (unpaired) electrons. The lowest BCUT2D eigenvalue weighted by Gasteiger charge is -2.19. The Balaban J connectivity index is 2.26. The monoisotopic (exact) mass is 318 g/mol. The summed E-state index contributed by atoms with van der Waals surface area (Å²) in [6.45, 7) is 4.45. The van der Waals surface area contributed by atoms with Crippen molar-refractivity contribution in [3.8, 4) is 5.06 Å². The fraction of sp³-hybridized carbons (Fsp3) is 0.714. The summed E-state index contributed by atoms with van der Waals surface area (Å²) in [5.74, 6) is 0. The number of unbranched alkanes of at least 4 members (excludes halogenated alkanes) is 2. The lowest BCUT2D eigenvalue weighted by atomic mass is 10.1. The molecule has 0 aliphatic rings. The zero-order valence-corrected chi connectivity index (χ0v) is 13.2. The van der Waals surface area contributed by atoms with Gasteiger partial charge in [0.2, 0.25) is 0 Å². The lowest BCUT2D eigenvalue weighted by molar-refractivity contribution is 0.191. The number of ether oxygens (including phenoxy) is 1. The lowest BCUT2D eigenvalue weighted by Crippen LogP contribution is -2.19. The van der Waals surface area contributed by atoms with Gasteiger partial charge in [-0.3, -0.25) is 0 Å². The van der Waals surface area contributed by atoms with Crippen molar-refractivity contribution in [2.75, 3.05) is 0 Å². The van der Waals surface area contributed by atoms with Crippen molar-refractivity contribution < 1.29 is 4.74 Å². The van der Waals surface area contributed by atoms with Crippen LogP contribution in [0.3, 0.4) is 0 Å². The number of hydrogen-bond acceptors (Lipinski definition) is 2. The van der Waals surface area contributed by atoms with E-state index in [9.17, 15) is 0 Å². The fourth-order valence-electron chi connectivity index (χ4n) is 1.81. The van der Waals surface area contributed by atoms with Gasteiger partial charge < -0.3 is 4.74 Å². The Morgan fingerprint density at radius 3 is 2.76 bits per heavy atom. The van der Waals surface area contributed by atoms with E-state index in [0.29, 0.717) is 10.9 Å². The van der Waals surface area contributed by atoms with E-state index in [1.54, 1.807) is 11.3 Å². The van der Waals surface area contributed by atoms with Crippen molar-refractivity contribution in [1.82, 2.24) is 0 Å². The predicted octanol–water partition coefficient (Wildman–Crippen LogP) is 5.64. The highest BCUT2D eigenvalue weighted by Crippen LogP contribution is 2.24. The van der Waals surface area contributed by atoms with Crippen LogP contribution < -0.4 is 4.74 Å². The van der Waals surface area contributed by atoms with Gasteiger partial charge >= 0.3 is 0 Å². The molecule has 0 N–H and O–H groups in total. The maximum atomic E-state index is 5.97. The second-order valence-electron chi connectivity index (χ2n) is 4.41. The van der Waals surface area contributed by atoms with Gasteiger partial charge in [0.25, 0.3) is 0 Å². The number of hydrogen-bond donors (Lipinski definition) is 0. The molecule has 3 heteroatoms. The maximum Gasteiger partial charge on any atom is 0.174 e. The molecule has 2 atom stereocenters. The maximum absolute atomic E-state index is 5.97. The first-order valence-corrected chi connectivity index (χ1v) is 8.40. The van der Waals surface area contributed by atoms with Crippen LogP contribution in [0.1, 0.15) is 52.4 Å². The van der Waals surface area contributed by atoms with Gasteiger partial charge in [-0.05, 0) is 36.8 Å². The fourth-order valence-corrected chi connectivity index (χ4v) is 3.19. The minimum Gasteiger partial charge on any atom is -0.481 e. The molecule has 0 aliphatic heterocycles. The molecule has 0 amide bonds. The third-order valence-corrected chi connectivity index (χ3v) is 4.46. The van der Waals surface area contributed by atoms with E-state index in [1.807, 2.05) is 12.1 Å². The van der Waals surface area contributed by atoms with Crippen LogP contribution in [0.15, 0.2) is 17.5 Å². The molecular formula is C14H23BrOS. The van der Waals surface area contributed by atoms with E-state index in [-0.39, 0.29) is 0 Å². The Hall–Kier alpha value is -0.0200. The molecular weight excluding hydrogens is 296 g/mol. The third kappa shape index (κ3) is 6.46. The number of rotatable bonds is 9. The van der Waals surface area contributed by atoms with Crippen LogP contribution in [0, 0.1) is 0 Å². The SMILES string of the molecule is CCCCCC(Br)CC(CC)Oc1cccs1. The van der Waals surface area contributed by atoms with Crippen molar-refractivity contribution in [2.45, 2.75) is 63.3 Å². The average molecular weight is 319 g/mol. The Kier molecular flexibility index (Phi) is 7.95. The molecule has 1 aromatic rings. The largest absolute Gasteiger partial charge is 0.481 e. The number of thiophene rings is 1. The highest BCUT2D eigenvalue weighted by Gasteiger charge is 2.14. The van der Waals surface area contributed by atoms with E-state index in [4.69, 9.17) is 4.74 Å². The second kappa shape index (κ2) is 8.98. The summed E-state index contributed by atoms with van der Waals surface area (Å²) in [4.78, 5) is 0.596. The van der Waals surface area contributed by atoms with E-state index in [1.165, 1.54) is 25.7 Å². The summed E-state index contributed by atoms with van der Waals surface area (Å²) in [7, 11) is 0. The van der Waals surface area contributed by atoms with Crippen LogP contribution in [-0.2, 0) is 0 Å². The van der Waals surface area contributed by atoms with E-state index >= 15 is 0 Å². The van der Waals surface area contributed by atoms with Crippen LogP contribution in [0.5, 0.6) is 5.06 Å². The van der Waals surface area contributed by atoms with Gasteiger partial charge in [0.15, 0.2) is 5.06 Å². The molecule has 0 bridgehead atoms. The minimum absolute atomic E-state index is 0.347. The zero-order chi connectivity index (χ0) is 12.5. The van der Waals surface area contributed by atoms with E-state index in [0.717, 1.165) is 17.9 Å². The highest BCUT2D eigenvalue weighted by atomic mass is 79.9. The van der Waals surface area contributed by atoms with Crippen LogP contribution in [0.2, 0.25) is 0 Å². The van der Waals surface area contributed by atoms with Crippen molar-refractivity contribution in [3.05, 3.63) is 17.5 Å². The molecule has 98 valence electrons. The molecule has 0 saturated carbocycles. The molecule has 1 rings (SSSR count). The number of halogens is 1. The first-order chi connectivity index (χ1) is 8.26. The first-order valence-electron chi connectivity index (χ1n) is 6.60. The van der Waals surface area contributed by atoms with Gasteiger partial charge in [-0.1, -0.05) is 49.0 Å². The number of alkyl halides is 1. The molecule has 1 aromatic heterocycles. The summed E-state index contributed by atoms with van der Waals surface area (Å²) in [6, 6.07) is 4.09. The van der Waals surface area contributed by atoms with Crippen molar-refractivity contribution in [3.63, 3.8) is 0 Å². The average Bonchev–Trinajstić information content (AvgIpc) is 2.81. The van der Waals surface area contributed by atoms with Crippen molar-refractivity contribution in [2.24, 2.45) is 0 Å². The standard InChI is InChI=1S/C14H23BrOS/c1-3-5-6-8-12(15)11-13(4-2)16-14-9-7-10-17-14/h7,9-10,12-13H,3-6,8,11H2,1-2H3. The molecule has 0 aromatic carbocycles. The van der Waals surface area contributed by atoms with Gasteiger partial charge in [-0.25, -0.2) is 0 Å². The molecule has 0 spiro atoms. The highest BCUT2D eigenvalue weighted by molar-refractivity contribution is 9.09. The molecule has 2 unspecified atom stereocenters. The van der Waals surface area contributed by atoms with Gasteiger partial charge in [0.1, 0.15) is 6.10 Å². The normalized spacial score (nSPS) is 14.5. The summed E-state index contributed by atoms with van der Waals surface area (Å²) < 4.78 is 5.97. The summed E-state index contributed by atoms with van der Waals surface area (Å²) in [6.07, 6.45) is 7.75. The molecule has 1 heterocycles. The van der Waals surface area contributed by atoms with Crippen molar-refractivity contribution in [1.29, 1.82) is 0 Å². The Morgan fingerprint density at radius 1 is 1.35 bits per heavy atom. The van der Waals surface area contributed by atoms with Crippen LogP contribution >= 0.6 is 27.3 Å². The van der Waals surface area contributed by atoms with Crippen molar-refractivity contribution >= 4 is 27.3 Å². The Morgan fingerprint density at radius 2 is 2.18 bits per heavy atom. The smallest absolute Gasteiger partial charge is 0.174 e. The minimum atomic E-state index is 0.347. The van der Waals surface area contributed by atoms with Gasteiger partial charge in [-0.2, -0.15) is 0 Å². The predicted molar refractivity (Wildman–Crippen MR) is 80.5 cm³/mol. The Bertz CT molecular complexity index is 274. The van der Waals surface area contributed by atoms with Gasteiger partial charge in [0.05, 0.1) is 0 Å². The first kappa shape index (κ1) is 15.0. The van der Waals surface area contributed by atoms with E-state index in [2.05, 4.69) is 35.2 Å². The third-order valence-electron chi connectivity index (χ3n) is 2.87. The summed E-state index contributed by atoms with van der Waals surface area (Å²) in [5, 5.41) is 3.11. The van der Waals surface area contributed by atoms with Crippen LogP contribution in [-0.4, -0.2) is 10.9 Å². The van der Waals surface area contributed by atoms with Gasteiger partial charge in [0, 0.05) is 4.83 Å². The zero-order valence-electron chi connectivity index (χ0n) is 10.8. The Labute approximate surface area is 118 Å².